The third-order valence-electron chi connectivity index (χ3n) is 8.47. The Kier molecular flexibility index (Phi) is 5.68. The van der Waals surface area contributed by atoms with Crippen molar-refractivity contribution in [2.45, 2.75) is 0 Å². The summed E-state index contributed by atoms with van der Waals surface area (Å²) in [5.74, 6) is 0.715. The molecule has 9 rings (SSSR count). The van der Waals surface area contributed by atoms with Gasteiger partial charge in [0.05, 0.1) is 16.7 Å². The second-order valence-corrected chi connectivity index (χ2v) is 12.2. The summed E-state index contributed by atoms with van der Waals surface area (Å²) in [6.07, 6.45) is 1.84. The highest BCUT2D eigenvalue weighted by Crippen LogP contribution is 2.39. The van der Waals surface area contributed by atoms with Gasteiger partial charge in [-0.2, -0.15) is 0 Å². The molecule has 3 aromatic heterocycles. The Morgan fingerprint density at radius 3 is 2.07 bits per heavy atom. The van der Waals surface area contributed by atoms with Gasteiger partial charge in [0.1, 0.15) is 0 Å². The van der Waals surface area contributed by atoms with Crippen LogP contribution < -0.4 is 0 Å². The first-order valence-electron chi connectivity index (χ1n) is 14.7. The minimum absolute atomic E-state index is 0.715. The molecule has 0 atom stereocenters. The Morgan fingerprint density at radius 2 is 1.16 bits per heavy atom. The van der Waals surface area contributed by atoms with Gasteiger partial charge in [0.2, 0.25) is 0 Å². The third-order valence-corrected chi connectivity index (χ3v) is 9.62. The van der Waals surface area contributed by atoms with Gasteiger partial charge >= 0.3 is 0 Å². The molecule has 6 aromatic carbocycles. The zero-order chi connectivity index (χ0) is 29.0. The summed E-state index contributed by atoms with van der Waals surface area (Å²) in [6, 6.07) is 51.9. The molecule has 3 heterocycles. The molecule has 0 radical (unpaired) electrons. The van der Waals surface area contributed by atoms with Gasteiger partial charge in [0.15, 0.2) is 5.82 Å². The predicted octanol–water partition coefficient (Wildman–Crippen LogP) is 10.9. The van der Waals surface area contributed by atoms with Crippen LogP contribution in [0.5, 0.6) is 0 Å². The minimum atomic E-state index is 0.715. The van der Waals surface area contributed by atoms with E-state index in [4.69, 9.17) is 4.98 Å². The topological polar surface area (TPSA) is 30.7 Å². The number of hydrogen-bond donors (Lipinski definition) is 0. The lowest BCUT2D eigenvalue weighted by molar-refractivity contribution is 1.16. The molecule has 0 fully saturated rings. The maximum absolute atomic E-state index is 4.92. The van der Waals surface area contributed by atoms with E-state index in [-0.39, 0.29) is 0 Å². The molecule has 0 unspecified atom stereocenters. The monoisotopic (exact) mass is 579 g/mol. The number of thiophene rings is 1. The second-order valence-electron chi connectivity index (χ2n) is 11.1. The third kappa shape index (κ3) is 4.03. The molecular formula is C40H25N3S. The number of para-hydroxylation sites is 1. The van der Waals surface area contributed by atoms with Gasteiger partial charge in [-0.15, -0.1) is 11.3 Å². The maximum Gasteiger partial charge on any atom is 0.159 e. The van der Waals surface area contributed by atoms with Crippen molar-refractivity contribution in [2.24, 2.45) is 0 Å². The standard InChI is InChI=1S/C40H25N3S/c1-2-9-26(10-3-1)35-21-22-41-40(42-35)29-11-8-12-30(23-29)43-36-15-6-4-13-31(36)33-24-27(17-19-37(33)43)28-18-20-39-34(25-28)32-14-5-7-16-38(32)44-39/h1-25H. The Bertz CT molecular complexity index is 2510. The average molecular weight is 580 g/mol. The highest BCUT2D eigenvalue weighted by molar-refractivity contribution is 7.25. The summed E-state index contributed by atoms with van der Waals surface area (Å²) >= 11 is 1.86. The molecule has 9 aromatic rings. The van der Waals surface area contributed by atoms with Crippen LogP contribution in [0.4, 0.5) is 0 Å². The largest absolute Gasteiger partial charge is 0.309 e. The molecule has 0 N–H and O–H groups in total. The molecule has 0 spiro atoms. The highest BCUT2D eigenvalue weighted by atomic mass is 32.1. The number of fused-ring (bicyclic) bond motifs is 6. The van der Waals surface area contributed by atoms with Gasteiger partial charge in [-0.1, -0.05) is 91.0 Å². The first kappa shape index (κ1) is 25.0. The minimum Gasteiger partial charge on any atom is -0.309 e. The molecule has 0 bridgehead atoms. The second kappa shape index (κ2) is 10.0. The van der Waals surface area contributed by atoms with E-state index in [0.29, 0.717) is 5.82 Å². The van der Waals surface area contributed by atoms with Crippen molar-refractivity contribution < 1.29 is 0 Å². The van der Waals surface area contributed by atoms with Crippen LogP contribution in [0.25, 0.3) is 81.4 Å². The van der Waals surface area contributed by atoms with E-state index < -0.39 is 0 Å². The highest BCUT2D eigenvalue weighted by Gasteiger charge is 2.15. The van der Waals surface area contributed by atoms with Crippen molar-refractivity contribution >= 4 is 53.3 Å². The van der Waals surface area contributed by atoms with E-state index in [0.717, 1.165) is 22.5 Å². The van der Waals surface area contributed by atoms with Crippen molar-refractivity contribution in [3.63, 3.8) is 0 Å². The van der Waals surface area contributed by atoms with E-state index in [2.05, 4.69) is 131 Å². The molecule has 206 valence electrons. The number of benzene rings is 6. The van der Waals surface area contributed by atoms with Gasteiger partial charge < -0.3 is 4.57 Å². The zero-order valence-corrected chi connectivity index (χ0v) is 24.5. The van der Waals surface area contributed by atoms with E-state index in [1.165, 1.54) is 53.1 Å². The van der Waals surface area contributed by atoms with Crippen molar-refractivity contribution in [1.29, 1.82) is 0 Å². The van der Waals surface area contributed by atoms with Crippen LogP contribution in [0.1, 0.15) is 0 Å². The van der Waals surface area contributed by atoms with Crippen LogP contribution in [0.3, 0.4) is 0 Å². The number of aromatic nitrogens is 3. The summed E-state index contributed by atoms with van der Waals surface area (Å²) in [7, 11) is 0. The lowest BCUT2D eigenvalue weighted by Crippen LogP contribution is -1.96. The van der Waals surface area contributed by atoms with Gasteiger partial charge in [0.25, 0.3) is 0 Å². The lowest BCUT2D eigenvalue weighted by atomic mass is 10.0. The molecule has 0 aliphatic rings. The Balaban J connectivity index is 1.18. The molecule has 0 saturated heterocycles. The Hall–Kier alpha value is -5.58. The lowest BCUT2D eigenvalue weighted by Gasteiger charge is -2.11. The maximum atomic E-state index is 4.92. The molecule has 44 heavy (non-hydrogen) atoms. The summed E-state index contributed by atoms with van der Waals surface area (Å²) in [5.41, 5.74) is 8.87. The predicted molar refractivity (Wildman–Crippen MR) is 186 cm³/mol. The molecule has 0 aliphatic carbocycles. The van der Waals surface area contributed by atoms with Crippen LogP contribution in [0.2, 0.25) is 0 Å². The van der Waals surface area contributed by atoms with Crippen LogP contribution >= 0.6 is 11.3 Å². The molecule has 0 saturated carbocycles. The van der Waals surface area contributed by atoms with Gasteiger partial charge in [-0.25, -0.2) is 9.97 Å². The Labute approximate surface area is 258 Å². The summed E-state index contributed by atoms with van der Waals surface area (Å²) in [5, 5.41) is 5.12. The molecule has 0 amide bonds. The van der Waals surface area contributed by atoms with Crippen LogP contribution in [-0.2, 0) is 0 Å². The first-order chi connectivity index (χ1) is 21.8. The SMILES string of the molecule is c1ccc(-c2ccnc(-c3cccc(-n4c5ccccc5c5cc(-c6ccc7sc8ccccc8c7c6)ccc54)c3)n2)cc1. The summed E-state index contributed by atoms with van der Waals surface area (Å²) in [4.78, 5) is 9.57. The zero-order valence-electron chi connectivity index (χ0n) is 23.7. The average Bonchev–Trinajstić information content (AvgIpc) is 3.64. The van der Waals surface area contributed by atoms with E-state index in [9.17, 15) is 0 Å². The number of nitrogens with zero attached hydrogens (tertiary/aromatic N) is 3. The molecular weight excluding hydrogens is 555 g/mol. The van der Waals surface area contributed by atoms with Gasteiger partial charge in [-0.05, 0) is 65.7 Å². The fourth-order valence-electron chi connectivity index (χ4n) is 6.39. The quantitative estimate of drug-likeness (QED) is 0.208. The Morgan fingerprint density at radius 1 is 0.455 bits per heavy atom. The molecule has 3 nitrogen and oxygen atoms in total. The van der Waals surface area contributed by atoms with Crippen molar-refractivity contribution in [1.82, 2.24) is 14.5 Å². The van der Waals surface area contributed by atoms with Crippen molar-refractivity contribution in [3.05, 3.63) is 152 Å². The molecule has 0 aliphatic heterocycles. The van der Waals surface area contributed by atoms with Crippen LogP contribution in [-0.4, -0.2) is 14.5 Å². The fourth-order valence-corrected chi connectivity index (χ4v) is 7.47. The summed E-state index contributed by atoms with van der Waals surface area (Å²) < 4.78 is 5.01. The first-order valence-corrected chi connectivity index (χ1v) is 15.6. The number of hydrogen-bond acceptors (Lipinski definition) is 3. The van der Waals surface area contributed by atoms with Crippen molar-refractivity contribution in [2.75, 3.05) is 0 Å². The number of rotatable bonds is 4. The smallest absolute Gasteiger partial charge is 0.159 e. The van der Waals surface area contributed by atoms with Crippen molar-refractivity contribution in [3.8, 4) is 39.5 Å². The van der Waals surface area contributed by atoms with E-state index in [1.807, 2.05) is 41.8 Å². The van der Waals surface area contributed by atoms with E-state index >= 15 is 0 Å². The summed E-state index contributed by atoms with van der Waals surface area (Å²) in [6.45, 7) is 0. The fraction of sp³-hybridized carbons (Fsp3) is 0. The van der Waals surface area contributed by atoms with Crippen LogP contribution in [0.15, 0.2) is 152 Å². The van der Waals surface area contributed by atoms with E-state index in [1.54, 1.807) is 0 Å². The normalized spacial score (nSPS) is 11.6. The van der Waals surface area contributed by atoms with Gasteiger partial charge in [-0.3, -0.25) is 0 Å². The van der Waals surface area contributed by atoms with Crippen LogP contribution in [0, 0.1) is 0 Å². The molecule has 4 heteroatoms. The van der Waals surface area contributed by atoms with Gasteiger partial charge in [0, 0.05) is 54.0 Å².